The van der Waals surface area contributed by atoms with Gasteiger partial charge in [0.1, 0.15) is 4.88 Å². The lowest BCUT2D eigenvalue weighted by Gasteiger charge is -2.06. The fourth-order valence-corrected chi connectivity index (χ4v) is 3.43. The van der Waals surface area contributed by atoms with Gasteiger partial charge in [-0.05, 0) is 13.0 Å². The third-order valence-corrected chi connectivity index (χ3v) is 4.75. The summed E-state index contributed by atoms with van der Waals surface area (Å²) < 4.78 is 10.4. The molecular formula is C20H17N3O6S. The largest absolute Gasteiger partial charge is 0.477 e. The molecule has 0 fully saturated rings. The van der Waals surface area contributed by atoms with Crippen molar-refractivity contribution in [3.63, 3.8) is 0 Å². The number of nitro groups is 1. The number of benzene rings is 2. The highest BCUT2D eigenvalue weighted by molar-refractivity contribution is 7.18. The van der Waals surface area contributed by atoms with Gasteiger partial charge in [-0.25, -0.2) is 9.78 Å². The first-order valence-electron chi connectivity index (χ1n) is 8.89. The minimum atomic E-state index is -0.591. The summed E-state index contributed by atoms with van der Waals surface area (Å²) in [5, 5.41) is 13.8. The van der Waals surface area contributed by atoms with E-state index >= 15 is 0 Å². The number of para-hydroxylation sites is 2. The third-order valence-electron chi connectivity index (χ3n) is 3.80. The monoisotopic (exact) mass is 427 g/mol. The van der Waals surface area contributed by atoms with Gasteiger partial charge in [0.15, 0.2) is 17.5 Å². The molecule has 9 nitrogen and oxygen atoms in total. The molecule has 154 valence electrons. The number of hydrogen-bond acceptors (Lipinski definition) is 8. The highest BCUT2D eigenvalue weighted by Crippen LogP contribution is 2.32. The Morgan fingerprint density at radius 3 is 2.53 bits per heavy atom. The van der Waals surface area contributed by atoms with Gasteiger partial charge in [0.25, 0.3) is 5.91 Å². The molecule has 0 unspecified atom stereocenters. The number of esters is 1. The minimum absolute atomic E-state index is 0.0195. The molecule has 1 heterocycles. The number of aromatic nitrogens is 1. The zero-order chi connectivity index (χ0) is 21.5. The van der Waals surface area contributed by atoms with E-state index in [9.17, 15) is 19.7 Å². The molecule has 1 aromatic heterocycles. The van der Waals surface area contributed by atoms with Crippen molar-refractivity contribution in [3.05, 3.63) is 69.6 Å². The van der Waals surface area contributed by atoms with Crippen molar-refractivity contribution in [1.29, 1.82) is 0 Å². The number of amides is 1. The maximum atomic E-state index is 12.3. The molecule has 0 spiro atoms. The number of nitrogens with zero attached hydrogens (tertiary/aromatic N) is 2. The van der Waals surface area contributed by atoms with Gasteiger partial charge >= 0.3 is 11.7 Å². The Bertz CT molecular complexity index is 1070. The average Bonchev–Trinajstić information content (AvgIpc) is 3.17. The van der Waals surface area contributed by atoms with Crippen molar-refractivity contribution < 1.29 is 24.0 Å². The molecule has 1 N–H and O–H groups in total. The molecule has 3 rings (SSSR count). The second-order valence-electron chi connectivity index (χ2n) is 5.84. The van der Waals surface area contributed by atoms with Crippen molar-refractivity contribution in [3.8, 4) is 17.0 Å². The first-order valence-corrected chi connectivity index (χ1v) is 9.70. The van der Waals surface area contributed by atoms with E-state index < -0.39 is 23.4 Å². The summed E-state index contributed by atoms with van der Waals surface area (Å²) in [6.07, 6.45) is 0. The summed E-state index contributed by atoms with van der Waals surface area (Å²) in [7, 11) is 0. The average molecular weight is 427 g/mol. The first kappa shape index (κ1) is 20.9. The second-order valence-corrected chi connectivity index (χ2v) is 6.84. The molecule has 1 amide bonds. The van der Waals surface area contributed by atoms with E-state index in [2.05, 4.69) is 10.3 Å². The van der Waals surface area contributed by atoms with Gasteiger partial charge in [0.2, 0.25) is 0 Å². The van der Waals surface area contributed by atoms with Crippen LogP contribution in [0.4, 0.5) is 10.8 Å². The molecule has 2 aromatic carbocycles. The summed E-state index contributed by atoms with van der Waals surface area (Å²) in [5.41, 5.74) is 0.859. The Morgan fingerprint density at radius 2 is 1.83 bits per heavy atom. The van der Waals surface area contributed by atoms with E-state index in [0.29, 0.717) is 11.3 Å². The van der Waals surface area contributed by atoms with E-state index in [1.165, 1.54) is 18.2 Å². The van der Waals surface area contributed by atoms with Crippen LogP contribution >= 0.6 is 11.3 Å². The maximum absolute atomic E-state index is 12.3. The lowest BCUT2D eigenvalue weighted by molar-refractivity contribution is -0.385. The van der Waals surface area contributed by atoms with Gasteiger partial charge in [0.05, 0.1) is 17.2 Å². The third kappa shape index (κ3) is 4.97. The summed E-state index contributed by atoms with van der Waals surface area (Å²) in [5.74, 6) is -1.13. The Hall–Kier alpha value is -3.79. The quantitative estimate of drug-likeness (QED) is 0.329. The van der Waals surface area contributed by atoms with Gasteiger partial charge < -0.3 is 9.47 Å². The number of ether oxygens (including phenoxy) is 2. The molecule has 0 radical (unpaired) electrons. The fraction of sp³-hybridized carbons (Fsp3) is 0.150. The number of thiazole rings is 1. The van der Waals surface area contributed by atoms with Gasteiger partial charge in [-0.2, -0.15) is 0 Å². The van der Waals surface area contributed by atoms with Crippen molar-refractivity contribution >= 4 is 34.0 Å². The summed E-state index contributed by atoms with van der Waals surface area (Å²) in [4.78, 5) is 39.6. The van der Waals surface area contributed by atoms with Gasteiger partial charge in [-0.1, -0.05) is 53.8 Å². The van der Waals surface area contributed by atoms with Crippen LogP contribution in [-0.2, 0) is 9.53 Å². The van der Waals surface area contributed by atoms with Crippen molar-refractivity contribution in [2.24, 2.45) is 0 Å². The lowest BCUT2D eigenvalue weighted by Crippen LogP contribution is -2.20. The van der Waals surface area contributed by atoms with Crippen LogP contribution in [-0.4, -0.2) is 35.0 Å². The first-order chi connectivity index (χ1) is 14.5. The van der Waals surface area contributed by atoms with E-state index in [4.69, 9.17) is 9.47 Å². The van der Waals surface area contributed by atoms with Gasteiger partial charge in [-0.15, -0.1) is 0 Å². The molecule has 0 saturated heterocycles. The van der Waals surface area contributed by atoms with Crippen LogP contribution < -0.4 is 10.1 Å². The van der Waals surface area contributed by atoms with E-state index in [0.717, 1.165) is 11.3 Å². The highest BCUT2D eigenvalue weighted by Gasteiger charge is 2.22. The lowest BCUT2D eigenvalue weighted by atomic mass is 10.1. The number of carbonyl (C=O) groups excluding carboxylic acids is 2. The minimum Gasteiger partial charge on any atom is -0.477 e. The van der Waals surface area contributed by atoms with Gasteiger partial charge in [0, 0.05) is 11.6 Å². The van der Waals surface area contributed by atoms with Gasteiger partial charge in [-0.3, -0.25) is 20.2 Å². The second kappa shape index (κ2) is 9.61. The zero-order valence-electron chi connectivity index (χ0n) is 15.9. The molecular weight excluding hydrogens is 410 g/mol. The Morgan fingerprint density at radius 1 is 1.13 bits per heavy atom. The number of nitrogens with one attached hydrogen (secondary N) is 1. The van der Waals surface area contributed by atoms with Crippen LogP contribution in [0, 0.1) is 10.1 Å². The van der Waals surface area contributed by atoms with Crippen molar-refractivity contribution in [2.45, 2.75) is 6.92 Å². The van der Waals surface area contributed by atoms with Crippen molar-refractivity contribution in [2.75, 3.05) is 18.5 Å². The molecule has 0 saturated carbocycles. The van der Waals surface area contributed by atoms with Crippen LogP contribution in [0.25, 0.3) is 11.3 Å². The predicted octanol–water partition coefficient (Wildman–Crippen LogP) is 3.91. The smallest absolute Gasteiger partial charge is 0.350 e. The number of anilines is 1. The molecule has 0 atom stereocenters. The summed E-state index contributed by atoms with van der Waals surface area (Å²) in [6.45, 7) is 1.44. The Kier molecular flexibility index (Phi) is 6.71. The van der Waals surface area contributed by atoms with Crippen molar-refractivity contribution in [1.82, 2.24) is 4.98 Å². The Labute approximate surface area is 175 Å². The number of nitro benzene ring substituents is 1. The number of hydrogen-bond donors (Lipinski definition) is 1. The topological polar surface area (TPSA) is 121 Å². The highest BCUT2D eigenvalue weighted by atomic mass is 32.1. The summed E-state index contributed by atoms with van der Waals surface area (Å²) in [6, 6.07) is 14.8. The normalized spacial score (nSPS) is 10.3. The zero-order valence-corrected chi connectivity index (χ0v) is 16.7. The SMILES string of the molecule is CCOC(=O)c1sc(NC(=O)COc2ccccc2[N+](=O)[O-])nc1-c1ccccc1. The molecule has 0 aliphatic rings. The molecule has 0 aliphatic heterocycles. The van der Waals surface area contributed by atoms with E-state index in [1.807, 2.05) is 18.2 Å². The number of carbonyl (C=O) groups is 2. The number of rotatable bonds is 8. The van der Waals surface area contributed by atoms with Crippen LogP contribution in [0.1, 0.15) is 16.6 Å². The maximum Gasteiger partial charge on any atom is 0.350 e. The fourth-order valence-electron chi connectivity index (χ4n) is 2.53. The molecule has 0 bridgehead atoms. The predicted molar refractivity (Wildman–Crippen MR) is 111 cm³/mol. The Balaban J connectivity index is 1.76. The molecule has 30 heavy (non-hydrogen) atoms. The molecule has 3 aromatic rings. The van der Waals surface area contributed by atoms with Crippen LogP contribution in [0.5, 0.6) is 5.75 Å². The van der Waals surface area contributed by atoms with Crippen LogP contribution in [0.2, 0.25) is 0 Å². The molecule has 10 heteroatoms. The van der Waals surface area contributed by atoms with E-state index in [-0.39, 0.29) is 28.1 Å². The van der Waals surface area contributed by atoms with Crippen LogP contribution in [0.15, 0.2) is 54.6 Å². The molecule has 0 aliphatic carbocycles. The standard InChI is InChI=1S/C20H17N3O6S/c1-2-28-19(25)18-17(13-8-4-3-5-9-13)22-20(30-18)21-16(24)12-29-15-11-7-6-10-14(15)23(26)27/h3-11H,2,12H2,1H3,(H,21,22,24). The van der Waals surface area contributed by atoms with E-state index in [1.54, 1.807) is 25.1 Å². The summed E-state index contributed by atoms with van der Waals surface area (Å²) >= 11 is 0.979. The van der Waals surface area contributed by atoms with Crippen LogP contribution in [0.3, 0.4) is 0 Å².